The zero-order valence-corrected chi connectivity index (χ0v) is 12.0. The number of likely N-dealkylation sites (tertiary alicyclic amines) is 1. The summed E-state index contributed by atoms with van der Waals surface area (Å²) in [4.78, 5) is 2.60. The molecule has 1 aliphatic rings. The lowest BCUT2D eigenvalue weighted by Crippen LogP contribution is -2.51. The Hall–Kier alpha value is -0.480. The fourth-order valence-corrected chi connectivity index (χ4v) is 3.00. The summed E-state index contributed by atoms with van der Waals surface area (Å²) in [7, 11) is 0. The third-order valence-electron chi connectivity index (χ3n) is 3.72. The Morgan fingerprint density at radius 1 is 1.12 bits per heavy atom. The van der Waals surface area contributed by atoms with Crippen molar-refractivity contribution < 1.29 is 0 Å². The van der Waals surface area contributed by atoms with Crippen LogP contribution in [0, 0.1) is 29.6 Å². The third kappa shape index (κ3) is 2.43. The highest BCUT2D eigenvalue weighted by molar-refractivity contribution is 5.11. The summed E-state index contributed by atoms with van der Waals surface area (Å²) in [6.45, 7) is 17.2. The van der Waals surface area contributed by atoms with E-state index in [0.717, 1.165) is 6.54 Å². The van der Waals surface area contributed by atoms with E-state index in [0.29, 0.717) is 17.9 Å². The first-order valence-corrected chi connectivity index (χ1v) is 6.32. The highest BCUT2D eigenvalue weighted by atomic mass is 15.3. The van der Waals surface area contributed by atoms with Gasteiger partial charge in [0.05, 0.1) is 0 Å². The molecule has 1 heteroatoms. The van der Waals surface area contributed by atoms with Crippen molar-refractivity contribution >= 4 is 0 Å². The molecule has 1 fully saturated rings. The van der Waals surface area contributed by atoms with Crippen LogP contribution in [0.25, 0.3) is 0 Å². The second-order valence-electron chi connectivity index (χ2n) is 7.30. The smallest absolute Gasteiger partial charge is 0.0398 e. The molecular weight excluding hydrogens is 194 g/mol. The molecule has 3 unspecified atom stereocenters. The largest absolute Gasteiger partial charge is 0.293 e. The van der Waals surface area contributed by atoms with Gasteiger partial charge in [-0.1, -0.05) is 27.7 Å². The van der Waals surface area contributed by atoms with Gasteiger partial charge in [0.15, 0.2) is 0 Å². The Morgan fingerprint density at radius 2 is 1.62 bits per heavy atom. The maximum absolute atomic E-state index is 5.74. The van der Waals surface area contributed by atoms with Gasteiger partial charge in [-0.05, 0) is 32.1 Å². The van der Waals surface area contributed by atoms with E-state index in [1.807, 2.05) is 0 Å². The van der Waals surface area contributed by atoms with Crippen molar-refractivity contribution in [2.75, 3.05) is 6.54 Å². The summed E-state index contributed by atoms with van der Waals surface area (Å²) in [5, 5.41) is 0. The summed E-state index contributed by atoms with van der Waals surface area (Å²) < 4.78 is 0. The predicted octanol–water partition coefficient (Wildman–Crippen LogP) is 3.40. The van der Waals surface area contributed by atoms with Crippen molar-refractivity contribution in [1.29, 1.82) is 0 Å². The van der Waals surface area contributed by atoms with E-state index in [1.54, 1.807) is 0 Å². The van der Waals surface area contributed by atoms with Crippen LogP contribution in [-0.2, 0) is 0 Å². The molecule has 0 spiro atoms. The van der Waals surface area contributed by atoms with Gasteiger partial charge in [0, 0.05) is 24.0 Å². The number of rotatable bonds is 0. The van der Waals surface area contributed by atoms with Gasteiger partial charge in [0.1, 0.15) is 0 Å². The fraction of sp³-hybridized carbons (Fsp3) is 0.867. The topological polar surface area (TPSA) is 3.24 Å². The molecule has 0 aromatic carbocycles. The maximum Gasteiger partial charge on any atom is 0.0398 e. The van der Waals surface area contributed by atoms with Crippen LogP contribution in [-0.4, -0.2) is 23.0 Å². The summed E-state index contributed by atoms with van der Waals surface area (Å²) in [5.74, 6) is 4.02. The highest BCUT2D eigenvalue weighted by Gasteiger charge is 2.47. The van der Waals surface area contributed by atoms with Gasteiger partial charge in [0.2, 0.25) is 0 Å². The average Bonchev–Trinajstić information content (AvgIpc) is 2.40. The van der Waals surface area contributed by atoms with Crippen LogP contribution in [0.3, 0.4) is 0 Å². The Labute approximate surface area is 102 Å². The fourth-order valence-electron chi connectivity index (χ4n) is 3.00. The first kappa shape index (κ1) is 13.6. The number of hydrogen-bond donors (Lipinski definition) is 0. The van der Waals surface area contributed by atoms with Crippen LogP contribution in [0.1, 0.15) is 48.5 Å². The third-order valence-corrected chi connectivity index (χ3v) is 3.72. The minimum atomic E-state index is 0.206. The van der Waals surface area contributed by atoms with Crippen LogP contribution >= 0.6 is 0 Å². The summed E-state index contributed by atoms with van der Waals surface area (Å²) in [6.07, 6.45) is 5.74. The lowest BCUT2D eigenvalue weighted by Gasteiger charge is -2.44. The van der Waals surface area contributed by atoms with E-state index >= 15 is 0 Å². The first-order valence-electron chi connectivity index (χ1n) is 6.32. The van der Waals surface area contributed by atoms with Crippen LogP contribution in [0.4, 0.5) is 0 Å². The molecule has 1 rings (SSSR count). The normalized spacial score (nSPS) is 32.8. The Kier molecular flexibility index (Phi) is 3.46. The van der Waals surface area contributed by atoms with E-state index in [4.69, 9.17) is 6.42 Å². The lowest BCUT2D eigenvalue weighted by atomic mass is 9.76. The molecule has 0 N–H and O–H groups in total. The Bertz CT molecular complexity index is 284. The van der Waals surface area contributed by atoms with Gasteiger partial charge >= 0.3 is 0 Å². The van der Waals surface area contributed by atoms with E-state index in [9.17, 15) is 0 Å². The molecule has 0 radical (unpaired) electrons. The maximum atomic E-state index is 5.74. The van der Waals surface area contributed by atoms with Gasteiger partial charge in [0.25, 0.3) is 0 Å². The second kappa shape index (κ2) is 4.08. The van der Waals surface area contributed by atoms with Crippen molar-refractivity contribution in [2.45, 2.75) is 60.0 Å². The highest BCUT2D eigenvalue weighted by Crippen LogP contribution is 2.42. The van der Waals surface area contributed by atoms with Crippen molar-refractivity contribution in [3.8, 4) is 12.3 Å². The first-order chi connectivity index (χ1) is 7.09. The van der Waals surface area contributed by atoms with E-state index in [-0.39, 0.29) is 11.0 Å². The Balaban J connectivity index is 3.09. The molecule has 0 bridgehead atoms. The summed E-state index contributed by atoms with van der Waals surface area (Å²) in [6, 6.07) is 0.493. The molecule has 0 aromatic rings. The van der Waals surface area contributed by atoms with Crippen LogP contribution in [0.2, 0.25) is 0 Å². The minimum absolute atomic E-state index is 0.206. The molecule has 3 atom stereocenters. The van der Waals surface area contributed by atoms with Crippen molar-refractivity contribution in [3.05, 3.63) is 0 Å². The Morgan fingerprint density at radius 3 is 1.94 bits per heavy atom. The molecule has 0 amide bonds. The van der Waals surface area contributed by atoms with Crippen LogP contribution < -0.4 is 0 Å². The van der Waals surface area contributed by atoms with E-state index in [2.05, 4.69) is 59.3 Å². The van der Waals surface area contributed by atoms with E-state index < -0.39 is 0 Å². The molecule has 0 saturated carbocycles. The van der Waals surface area contributed by atoms with Crippen LogP contribution in [0.5, 0.6) is 0 Å². The molecule has 1 heterocycles. The zero-order chi connectivity index (χ0) is 12.7. The van der Waals surface area contributed by atoms with Gasteiger partial charge in [-0.25, -0.2) is 0 Å². The molecule has 92 valence electrons. The lowest BCUT2D eigenvalue weighted by molar-refractivity contribution is 0.0481. The minimum Gasteiger partial charge on any atom is -0.293 e. The molecule has 0 aliphatic carbocycles. The molecule has 1 saturated heterocycles. The average molecular weight is 221 g/mol. The van der Waals surface area contributed by atoms with E-state index in [1.165, 1.54) is 0 Å². The standard InChI is InChI=1S/C15H27N/c1-9-12-11(2)10-16(15(6,7)8)13(12)14(3,4)5/h1,11-13H,10H2,2-8H3. The van der Waals surface area contributed by atoms with Crippen molar-refractivity contribution in [1.82, 2.24) is 4.90 Å². The zero-order valence-electron chi connectivity index (χ0n) is 12.0. The number of nitrogens with zero attached hydrogens (tertiary/aromatic N) is 1. The van der Waals surface area contributed by atoms with Gasteiger partial charge in [-0.15, -0.1) is 12.3 Å². The van der Waals surface area contributed by atoms with Crippen molar-refractivity contribution in [3.63, 3.8) is 0 Å². The number of hydrogen-bond acceptors (Lipinski definition) is 1. The number of terminal acetylenes is 1. The monoisotopic (exact) mass is 221 g/mol. The predicted molar refractivity (Wildman–Crippen MR) is 71.2 cm³/mol. The molecule has 0 aromatic heterocycles. The van der Waals surface area contributed by atoms with Gasteiger partial charge in [-0.3, -0.25) is 4.90 Å². The second-order valence-corrected chi connectivity index (χ2v) is 7.30. The molecule has 1 aliphatic heterocycles. The summed E-state index contributed by atoms with van der Waals surface area (Å²) >= 11 is 0. The van der Waals surface area contributed by atoms with Gasteiger partial charge < -0.3 is 0 Å². The summed E-state index contributed by atoms with van der Waals surface area (Å²) in [5.41, 5.74) is 0.451. The molecule has 1 nitrogen and oxygen atoms in total. The van der Waals surface area contributed by atoms with Crippen LogP contribution in [0.15, 0.2) is 0 Å². The van der Waals surface area contributed by atoms with Crippen molar-refractivity contribution in [2.24, 2.45) is 17.3 Å². The molecule has 16 heavy (non-hydrogen) atoms. The SMILES string of the molecule is C#CC1C(C)CN(C(C)(C)C)C1C(C)(C)C. The quantitative estimate of drug-likeness (QED) is 0.567. The molecular formula is C15H27N. The van der Waals surface area contributed by atoms with Gasteiger partial charge in [-0.2, -0.15) is 0 Å².